The van der Waals surface area contributed by atoms with Gasteiger partial charge in [-0.15, -0.1) is 0 Å². The van der Waals surface area contributed by atoms with Gasteiger partial charge in [0.1, 0.15) is 0 Å². The van der Waals surface area contributed by atoms with E-state index in [2.05, 4.69) is 10.3 Å². The number of nitrogens with zero attached hydrogens (tertiary/aromatic N) is 3. The molecule has 0 fully saturated rings. The molecule has 2 rings (SSSR count). The molecule has 5 nitrogen and oxygen atoms in total. The molecule has 0 aliphatic carbocycles. The zero-order valence-corrected chi connectivity index (χ0v) is 9.84. The molecule has 0 aromatic carbocycles. The highest BCUT2D eigenvalue weighted by Gasteiger charge is 1.98. The van der Waals surface area contributed by atoms with E-state index < -0.39 is 0 Å². The van der Waals surface area contributed by atoms with Gasteiger partial charge in [0.25, 0.3) is 0 Å². The smallest absolute Gasteiger partial charge is 0.311 e. The molecule has 2 heterocycles. The summed E-state index contributed by atoms with van der Waals surface area (Å²) in [5, 5.41) is 3.28. The molecule has 0 amide bonds. The Bertz CT molecular complexity index is 515. The molecular weight excluding hydrogens is 216 g/mol. The topological polar surface area (TPSA) is 51.9 Å². The number of aryl methyl sites for hydroxylation is 1. The summed E-state index contributed by atoms with van der Waals surface area (Å²) >= 11 is 0. The first kappa shape index (κ1) is 11.6. The summed E-state index contributed by atoms with van der Waals surface area (Å²) in [5.41, 5.74) is 1.17. The van der Waals surface area contributed by atoms with Gasteiger partial charge in [-0.25, -0.2) is 4.79 Å². The predicted octanol–water partition coefficient (Wildman–Crippen LogP) is 0.372. The minimum atomic E-state index is 0.0215. The van der Waals surface area contributed by atoms with Crippen molar-refractivity contribution in [3.63, 3.8) is 0 Å². The Hall–Kier alpha value is -1.88. The van der Waals surface area contributed by atoms with E-state index in [9.17, 15) is 4.79 Å². The van der Waals surface area contributed by atoms with Gasteiger partial charge in [-0.1, -0.05) is 6.07 Å². The van der Waals surface area contributed by atoms with E-state index in [1.54, 1.807) is 34.8 Å². The van der Waals surface area contributed by atoms with E-state index in [0.717, 1.165) is 18.7 Å². The number of rotatable bonds is 5. The standard InChI is InChI=1S/C12H16N4O/c1-15-7-8-16(12(15)17)6-5-14-10-11-3-2-4-13-9-11/h2-4,7-9,14H,5-6,10H2,1H3. The number of pyridine rings is 1. The number of aromatic nitrogens is 3. The fourth-order valence-corrected chi connectivity index (χ4v) is 1.62. The van der Waals surface area contributed by atoms with Crippen LogP contribution in [0.15, 0.2) is 41.7 Å². The van der Waals surface area contributed by atoms with Crippen molar-refractivity contribution in [3.05, 3.63) is 53.0 Å². The lowest BCUT2D eigenvalue weighted by molar-refractivity contribution is 0.578. The average Bonchev–Trinajstić information content (AvgIpc) is 2.67. The van der Waals surface area contributed by atoms with Gasteiger partial charge < -0.3 is 9.88 Å². The summed E-state index contributed by atoms with van der Waals surface area (Å²) < 4.78 is 3.26. The van der Waals surface area contributed by atoms with Crippen LogP contribution in [0.25, 0.3) is 0 Å². The molecule has 5 heteroatoms. The first-order valence-corrected chi connectivity index (χ1v) is 5.59. The molecule has 2 aromatic rings. The SMILES string of the molecule is Cn1ccn(CCNCc2cccnc2)c1=O. The summed E-state index contributed by atoms with van der Waals surface area (Å²) in [6.07, 6.45) is 7.16. The Morgan fingerprint density at radius 3 is 2.94 bits per heavy atom. The molecule has 0 aliphatic heterocycles. The van der Waals surface area contributed by atoms with E-state index >= 15 is 0 Å². The van der Waals surface area contributed by atoms with Crippen LogP contribution in [-0.2, 0) is 20.1 Å². The maximum atomic E-state index is 11.5. The Morgan fingerprint density at radius 1 is 1.41 bits per heavy atom. The summed E-state index contributed by atoms with van der Waals surface area (Å²) in [4.78, 5) is 15.6. The van der Waals surface area contributed by atoms with Crippen molar-refractivity contribution in [2.75, 3.05) is 6.54 Å². The lowest BCUT2D eigenvalue weighted by Crippen LogP contribution is -2.27. The van der Waals surface area contributed by atoms with Gasteiger partial charge in [0, 0.05) is 51.5 Å². The van der Waals surface area contributed by atoms with Crippen molar-refractivity contribution in [1.29, 1.82) is 0 Å². The lowest BCUT2D eigenvalue weighted by atomic mass is 10.3. The van der Waals surface area contributed by atoms with Gasteiger partial charge in [-0.2, -0.15) is 0 Å². The third-order valence-corrected chi connectivity index (χ3v) is 2.60. The summed E-state index contributed by atoms with van der Waals surface area (Å²) in [5.74, 6) is 0. The predicted molar refractivity (Wildman–Crippen MR) is 65.6 cm³/mol. The van der Waals surface area contributed by atoms with E-state index in [1.165, 1.54) is 0 Å². The monoisotopic (exact) mass is 232 g/mol. The summed E-state index contributed by atoms with van der Waals surface area (Å²) in [6.45, 7) is 2.22. The quantitative estimate of drug-likeness (QED) is 0.758. The van der Waals surface area contributed by atoms with Crippen LogP contribution in [0.5, 0.6) is 0 Å². The molecule has 17 heavy (non-hydrogen) atoms. The molecule has 90 valence electrons. The lowest BCUT2D eigenvalue weighted by Gasteiger charge is -2.04. The highest BCUT2D eigenvalue weighted by Crippen LogP contribution is 1.93. The molecule has 0 radical (unpaired) electrons. The van der Waals surface area contributed by atoms with Crippen LogP contribution in [0, 0.1) is 0 Å². The van der Waals surface area contributed by atoms with Crippen LogP contribution in [0.1, 0.15) is 5.56 Å². The van der Waals surface area contributed by atoms with Gasteiger partial charge in [0.05, 0.1) is 0 Å². The Labute approximate surface area is 99.7 Å². The van der Waals surface area contributed by atoms with Crippen LogP contribution in [0.2, 0.25) is 0 Å². The highest BCUT2D eigenvalue weighted by molar-refractivity contribution is 5.07. The maximum absolute atomic E-state index is 11.5. The van der Waals surface area contributed by atoms with Crippen LogP contribution in [0.3, 0.4) is 0 Å². The van der Waals surface area contributed by atoms with Gasteiger partial charge in [0.15, 0.2) is 0 Å². The molecule has 0 bridgehead atoms. The first-order valence-electron chi connectivity index (χ1n) is 5.59. The molecule has 2 aromatic heterocycles. The molecule has 0 spiro atoms. The van der Waals surface area contributed by atoms with E-state index in [1.807, 2.05) is 18.3 Å². The van der Waals surface area contributed by atoms with Crippen molar-refractivity contribution in [2.24, 2.45) is 7.05 Å². The van der Waals surface area contributed by atoms with Crippen molar-refractivity contribution in [2.45, 2.75) is 13.1 Å². The Morgan fingerprint density at radius 2 is 2.29 bits per heavy atom. The highest BCUT2D eigenvalue weighted by atomic mass is 16.1. The van der Waals surface area contributed by atoms with E-state index in [0.29, 0.717) is 6.54 Å². The Kier molecular flexibility index (Phi) is 3.72. The largest absolute Gasteiger partial charge is 0.327 e. The van der Waals surface area contributed by atoms with Crippen molar-refractivity contribution in [3.8, 4) is 0 Å². The van der Waals surface area contributed by atoms with Crippen LogP contribution < -0.4 is 11.0 Å². The second-order valence-corrected chi connectivity index (χ2v) is 3.92. The minimum Gasteiger partial charge on any atom is -0.311 e. The van der Waals surface area contributed by atoms with Crippen molar-refractivity contribution < 1.29 is 0 Å². The molecule has 0 unspecified atom stereocenters. The zero-order chi connectivity index (χ0) is 12.1. The number of nitrogens with one attached hydrogen (secondary N) is 1. The number of imidazole rings is 1. The molecular formula is C12H16N4O. The van der Waals surface area contributed by atoms with Crippen molar-refractivity contribution >= 4 is 0 Å². The minimum absolute atomic E-state index is 0.0215. The molecule has 0 saturated carbocycles. The van der Waals surface area contributed by atoms with Crippen LogP contribution in [-0.4, -0.2) is 20.7 Å². The van der Waals surface area contributed by atoms with Gasteiger partial charge in [-0.05, 0) is 11.6 Å². The van der Waals surface area contributed by atoms with Gasteiger partial charge in [-0.3, -0.25) is 9.55 Å². The van der Waals surface area contributed by atoms with E-state index in [4.69, 9.17) is 0 Å². The Balaban J connectivity index is 1.77. The first-order chi connectivity index (χ1) is 8.27. The average molecular weight is 232 g/mol. The fraction of sp³-hybridized carbons (Fsp3) is 0.333. The van der Waals surface area contributed by atoms with E-state index in [-0.39, 0.29) is 5.69 Å². The third-order valence-electron chi connectivity index (χ3n) is 2.60. The second-order valence-electron chi connectivity index (χ2n) is 3.92. The van der Waals surface area contributed by atoms with Crippen LogP contribution in [0.4, 0.5) is 0 Å². The van der Waals surface area contributed by atoms with Gasteiger partial charge >= 0.3 is 5.69 Å². The zero-order valence-electron chi connectivity index (χ0n) is 9.84. The summed E-state index contributed by atoms with van der Waals surface area (Å²) in [6, 6.07) is 3.94. The van der Waals surface area contributed by atoms with Crippen molar-refractivity contribution in [1.82, 2.24) is 19.4 Å². The molecule has 0 saturated heterocycles. The summed E-state index contributed by atoms with van der Waals surface area (Å²) in [7, 11) is 1.75. The normalized spacial score (nSPS) is 10.6. The molecule has 1 N–H and O–H groups in total. The fourth-order valence-electron chi connectivity index (χ4n) is 1.62. The maximum Gasteiger partial charge on any atom is 0.327 e. The third kappa shape index (κ3) is 3.04. The molecule has 0 atom stereocenters. The number of hydrogen-bond acceptors (Lipinski definition) is 3. The van der Waals surface area contributed by atoms with Crippen LogP contribution >= 0.6 is 0 Å². The second kappa shape index (κ2) is 5.45. The molecule has 0 aliphatic rings. The number of hydrogen-bond donors (Lipinski definition) is 1. The van der Waals surface area contributed by atoms with Gasteiger partial charge in [0.2, 0.25) is 0 Å².